The molecule has 0 fully saturated rings. The molecule has 0 saturated carbocycles. The smallest absolute Gasteiger partial charge is 0.303 e. The number of carbonyl (C=O) groups excluding carboxylic acids is 2. The van der Waals surface area contributed by atoms with E-state index in [2.05, 4.69) is 41.8 Å². The molecule has 0 aliphatic carbocycles. The van der Waals surface area contributed by atoms with Crippen LogP contribution in [0.15, 0.2) is 30.5 Å². The van der Waals surface area contributed by atoms with E-state index in [-0.39, 0.29) is 67.7 Å². The molecule has 3 rings (SSSR count). The van der Waals surface area contributed by atoms with E-state index < -0.39 is 23.8 Å². The van der Waals surface area contributed by atoms with Crippen LogP contribution in [0.2, 0.25) is 0 Å². The van der Waals surface area contributed by atoms with Crippen LogP contribution in [0.5, 0.6) is 5.88 Å². The Morgan fingerprint density at radius 2 is 1.83 bits per heavy atom. The maximum atomic E-state index is 12.8. The highest BCUT2D eigenvalue weighted by atomic mass is 16.5. The van der Waals surface area contributed by atoms with Crippen LogP contribution in [-0.2, 0) is 25.6 Å². The average Bonchev–Trinajstić information content (AvgIpc) is 2.95. The molecule has 15 heteroatoms. The maximum Gasteiger partial charge on any atom is 0.303 e. The molecule has 41 heavy (non-hydrogen) atoms. The number of carboxylic acids is 1. The zero-order valence-electron chi connectivity index (χ0n) is 22.0. The number of nitrogens with zero attached hydrogens (tertiary/aromatic N) is 4. The van der Waals surface area contributed by atoms with Crippen LogP contribution in [0.4, 0.5) is 11.6 Å². The number of carboxylic acid groups (broad SMARTS) is 1. The topological polar surface area (TPSA) is 224 Å². The number of hydrogen-bond donors (Lipinski definition) is 6. The number of amides is 2. The highest BCUT2D eigenvalue weighted by Gasteiger charge is 2.22. The number of aromatic nitrogens is 4. The molecule has 3 aromatic rings. The van der Waals surface area contributed by atoms with E-state index in [1.54, 1.807) is 24.3 Å². The van der Waals surface area contributed by atoms with Gasteiger partial charge < -0.3 is 41.4 Å². The summed E-state index contributed by atoms with van der Waals surface area (Å²) in [5.74, 6) is -0.313. The van der Waals surface area contributed by atoms with Gasteiger partial charge in [-0.3, -0.25) is 14.4 Å². The second-order valence-electron chi connectivity index (χ2n) is 8.49. The van der Waals surface area contributed by atoms with Gasteiger partial charge in [0.05, 0.1) is 38.3 Å². The standard InChI is InChI=1S/C26H30N8O7/c1-2-10-40-12-13-41-11-9-28-24(38)19(7-8-20(35)36)32-23(37)16-3-5-17(6-4-16)29-14-18-15-30-22-21(31-18)25(39)34-26(27)33-22/h1,3-6,15,19,29H,7-14H2,(H,28,38)(H,32,37)(H,35,36)(H3,27,30,33,34,39)/t19-/m0/s1. The van der Waals surface area contributed by atoms with E-state index in [0.717, 1.165) is 0 Å². The molecule has 216 valence electrons. The van der Waals surface area contributed by atoms with Crippen LogP contribution in [0, 0.1) is 12.3 Å². The molecule has 0 unspecified atom stereocenters. The summed E-state index contributed by atoms with van der Waals surface area (Å²) >= 11 is 0. The van der Waals surface area contributed by atoms with Gasteiger partial charge in [-0.25, -0.2) is 9.97 Å². The first-order valence-corrected chi connectivity index (χ1v) is 12.5. The number of ether oxygens (including phenoxy) is 2. The molecule has 1 aromatic carbocycles. The molecule has 0 aliphatic rings. The van der Waals surface area contributed by atoms with Gasteiger partial charge in [0, 0.05) is 24.2 Å². The summed E-state index contributed by atoms with van der Waals surface area (Å²) in [6, 6.07) is 5.35. The molecule has 2 heterocycles. The normalized spacial score (nSPS) is 11.4. The summed E-state index contributed by atoms with van der Waals surface area (Å²) < 4.78 is 10.4. The van der Waals surface area contributed by atoms with Gasteiger partial charge >= 0.3 is 5.97 Å². The van der Waals surface area contributed by atoms with Crippen LogP contribution < -0.4 is 21.7 Å². The Kier molecular flexibility index (Phi) is 11.5. The van der Waals surface area contributed by atoms with E-state index in [9.17, 15) is 19.5 Å². The Bertz CT molecular complexity index is 1400. The zero-order chi connectivity index (χ0) is 29.6. The minimum absolute atomic E-state index is 0.0900. The Morgan fingerprint density at radius 3 is 2.56 bits per heavy atom. The Hall–Kier alpha value is -5.07. The van der Waals surface area contributed by atoms with Crippen molar-refractivity contribution in [2.75, 3.05) is 44.0 Å². The fourth-order valence-electron chi connectivity index (χ4n) is 3.46. The molecule has 2 amide bonds. The Labute approximate surface area is 234 Å². The first-order chi connectivity index (χ1) is 19.8. The predicted molar refractivity (Wildman–Crippen MR) is 147 cm³/mol. The fourth-order valence-corrected chi connectivity index (χ4v) is 3.46. The molecule has 0 saturated heterocycles. The summed E-state index contributed by atoms with van der Waals surface area (Å²) in [4.78, 5) is 52.5. The number of carbonyl (C=O) groups is 3. The van der Waals surface area contributed by atoms with Crippen LogP contribution in [0.3, 0.4) is 0 Å². The quantitative estimate of drug-likeness (QED) is 0.0998. The third kappa shape index (κ3) is 9.88. The number of aliphatic carboxylic acids is 1. The van der Waals surface area contributed by atoms with Crippen molar-refractivity contribution >= 4 is 40.6 Å². The van der Waals surface area contributed by atoms with Crippen molar-refractivity contribution in [3.8, 4) is 18.2 Å². The van der Waals surface area contributed by atoms with Crippen molar-refractivity contribution in [2.45, 2.75) is 25.4 Å². The van der Waals surface area contributed by atoms with Crippen molar-refractivity contribution in [1.82, 2.24) is 30.6 Å². The number of terminal acetylenes is 1. The minimum Gasteiger partial charge on any atom is -0.492 e. The summed E-state index contributed by atoms with van der Waals surface area (Å²) in [7, 11) is 0. The molecule has 7 N–H and O–H groups in total. The van der Waals surface area contributed by atoms with Gasteiger partial charge in [0.25, 0.3) is 5.91 Å². The van der Waals surface area contributed by atoms with Crippen LogP contribution in [-0.4, -0.2) is 86.9 Å². The van der Waals surface area contributed by atoms with Gasteiger partial charge in [0.1, 0.15) is 12.6 Å². The van der Waals surface area contributed by atoms with Gasteiger partial charge in [-0.15, -0.1) is 6.42 Å². The summed E-state index contributed by atoms with van der Waals surface area (Å²) in [5, 5.41) is 27.3. The molecule has 2 aromatic heterocycles. The molecule has 15 nitrogen and oxygen atoms in total. The highest BCUT2D eigenvalue weighted by Crippen LogP contribution is 2.19. The monoisotopic (exact) mass is 566 g/mol. The lowest BCUT2D eigenvalue weighted by molar-refractivity contribution is -0.137. The molecule has 1 atom stereocenters. The van der Waals surface area contributed by atoms with E-state index >= 15 is 0 Å². The predicted octanol–water partition coefficient (Wildman–Crippen LogP) is 0.0655. The first kappa shape index (κ1) is 30.5. The first-order valence-electron chi connectivity index (χ1n) is 12.5. The number of nitrogens with two attached hydrogens (primary N) is 1. The number of aromatic hydroxyl groups is 1. The summed E-state index contributed by atoms with van der Waals surface area (Å²) in [5.41, 5.74) is 7.20. The summed E-state index contributed by atoms with van der Waals surface area (Å²) in [6.07, 6.45) is 6.16. The lowest BCUT2D eigenvalue weighted by Gasteiger charge is -2.18. The Morgan fingerprint density at radius 1 is 1.07 bits per heavy atom. The lowest BCUT2D eigenvalue weighted by Crippen LogP contribution is -2.47. The number of benzene rings is 1. The lowest BCUT2D eigenvalue weighted by atomic mass is 10.1. The molecule has 0 bridgehead atoms. The Balaban J connectivity index is 1.51. The van der Waals surface area contributed by atoms with E-state index in [4.69, 9.17) is 26.7 Å². The van der Waals surface area contributed by atoms with E-state index in [1.165, 1.54) is 6.20 Å². The summed E-state index contributed by atoms with van der Waals surface area (Å²) in [6.45, 7) is 1.41. The number of anilines is 2. The second-order valence-corrected chi connectivity index (χ2v) is 8.49. The SMILES string of the molecule is C#CCOCCOCCNC(=O)[C@H](CCC(=O)O)NC(=O)c1ccc(NCc2cnc3nc(N)nc(O)c3n2)cc1. The van der Waals surface area contributed by atoms with Crippen LogP contribution in [0.1, 0.15) is 28.9 Å². The van der Waals surface area contributed by atoms with Crippen LogP contribution >= 0.6 is 0 Å². The second kappa shape index (κ2) is 15.5. The number of hydrogen-bond acceptors (Lipinski definition) is 12. The zero-order valence-corrected chi connectivity index (χ0v) is 22.0. The van der Waals surface area contributed by atoms with Crippen LogP contribution in [0.25, 0.3) is 11.2 Å². The third-order valence-corrected chi connectivity index (χ3v) is 5.45. The number of nitrogen functional groups attached to an aromatic ring is 1. The van der Waals surface area contributed by atoms with Crippen molar-refractivity contribution in [1.29, 1.82) is 0 Å². The third-order valence-electron chi connectivity index (χ3n) is 5.45. The molecular weight excluding hydrogens is 536 g/mol. The van der Waals surface area contributed by atoms with Gasteiger partial charge in [0.2, 0.25) is 17.7 Å². The molecular formula is C26H30N8O7. The van der Waals surface area contributed by atoms with E-state index in [1.807, 2.05) is 0 Å². The molecule has 0 aliphatic heterocycles. The van der Waals surface area contributed by atoms with Gasteiger partial charge in [-0.1, -0.05) is 5.92 Å². The van der Waals surface area contributed by atoms with Gasteiger partial charge in [0.15, 0.2) is 11.2 Å². The van der Waals surface area contributed by atoms with Crippen molar-refractivity contribution in [3.63, 3.8) is 0 Å². The largest absolute Gasteiger partial charge is 0.492 e. The molecule has 0 spiro atoms. The molecule has 0 radical (unpaired) electrons. The number of nitrogens with one attached hydrogen (secondary N) is 3. The van der Waals surface area contributed by atoms with Crippen molar-refractivity contribution < 1.29 is 34.1 Å². The fraction of sp³-hybridized carbons (Fsp3) is 0.346. The van der Waals surface area contributed by atoms with Crippen molar-refractivity contribution in [3.05, 3.63) is 41.7 Å². The van der Waals surface area contributed by atoms with Crippen molar-refractivity contribution in [2.24, 2.45) is 0 Å². The number of rotatable bonds is 16. The maximum absolute atomic E-state index is 12.8. The minimum atomic E-state index is -1.09. The average molecular weight is 567 g/mol. The number of fused-ring (bicyclic) bond motifs is 1. The van der Waals surface area contributed by atoms with Gasteiger partial charge in [-0.05, 0) is 30.7 Å². The van der Waals surface area contributed by atoms with E-state index in [0.29, 0.717) is 24.6 Å². The van der Waals surface area contributed by atoms with Gasteiger partial charge in [-0.2, -0.15) is 9.97 Å². The highest BCUT2D eigenvalue weighted by molar-refractivity contribution is 5.97.